The highest BCUT2D eigenvalue weighted by Gasteiger charge is 2.44. The number of hydrogen-bond donors (Lipinski definition) is 0. The van der Waals surface area contributed by atoms with Crippen molar-refractivity contribution in [1.82, 2.24) is 14.1 Å². The van der Waals surface area contributed by atoms with Crippen molar-refractivity contribution in [1.29, 1.82) is 0 Å². The van der Waals surface area contributed by atoms with Gasteiger partial charge in [0.25, 0.3) is 0 Å². The summed E-state index contributed by atoms with van der Waals surface area (Å²) in [6, 6.07) is 16.3. The Bertz CT molecular complexity index is 955. The monoisotopic (exact) mass is 413 g/mol. The maximum atomic E-state index is 13.4. The van der Waals surface area contributed by atoms with Crippen molar-refractivity contribution in [3.8, 4) is 0 Å². The molecule has 1 atom stereocenters. The van der Waals surface area contributed by atoms with Crippen molar-refractivity contribution in [2.45, 2.75) is 37.2 Å². The number of rotatable bonds is 3. The molecule has 29 heavy (non-hydrogen) atoms. The van der Waals surface area contributed by atoms with Crippen molar-refractivity contribution >= 4 is 16.1 Å². The highest BCUT2D eigenvalue weighted by atomic mass is 32.2. The number of nitrogens with zero attached hydrogens (tertiary/aromatic N) is 3. The summed E-state index contributed by atoms with van der Waals surface area (Å²) in [5.41, 5.74) is 1.82. The fraction of sp³-hybridized carbons (Fsp3) is 0.409. The van der Waals surface area contributed by atoms with Crippen LogP contribution in [-0.4, -0.2) is 54.7 Å². The molecule has 2 aliphatic rings. The van der Waals surface area contributed by atoms with Gasteiger partial charge in [0.15, 0.2) is 0 Å². The molecule has 0 spiro atoms. The zero-order valence-electron chi connectivity index (χ0n) is 16.7. The first-order valence-corrected chi connectivity index (χ1v) is 11.6. The van der Waals surface area contributed by atoms with Gasteiger partial charge in [-0.1, -0.05) is 48.0 Å². The van der Waals surface area contributed by atoms with Crippen LogP contribution in [0.25, 0.3) is 0 Å². The van der Waals surface area contributed by atoms with Crippen LogP contribution >= 0.6 is 0 Å². The van der Waals surface area contributed by atoms with Crippen molar-refractivity contribution in [2.24, 2.45) is 0 Å². The van der Waals surface area contributed by atoms with E-state index in [-0.39, 0.29) is 17.5 Å². The second-order valence-corrected chi connectivity index (χ2v) is 9.63. The first-order chi connectivity index (χ1) is 14.0. The maximum absolute atomic E-state index is 13.4. The van der Waals surface area contributed by atoms with Crippen LogP contribution < -0.4 is 0 Å². The van der Waals surface area contributed by atoms with E-state index < -0.39 is 16.2 Å². The Morgan fingerprint density at radius 3 is 2.17 bits per heavy atom. The molecule has 0 aliphatic carbocycles. The molecule has 2 amide bonds. The molecule has 4 rings (SSSR count). The second kappa shape index (κ2) is 8.16. The van der Waals surface area contributed by atoms with Crippen molar-refractivity contribution < 1.29 is 13.2 Å². The summed E-state index contributed by atoms with van der Waals surface area (Å²) in [6.07, 6.45) is 2.51. The molecular formula is C22H27N3O3S. The van der Waals surface area contributed by atoms with E-state index in [4.69, 9.17) is 0 Å². The number of hydrogen-bond acceptors (Lipinski definition) is 3. The molecule has 2 aromatic carbocycles. The van der Waals surface area contributed by atoms with Gasteiger partial charge in [-0.25, -0.2) is 13.2 Å². The lowest BCUT2D eigenvalue weighted by molar-refractivity contribution is 0.127. The van der Waals surface area contributed by atoms with Crippen LogP contribution in [0.2, 0.25) is 0 Å². The lowest BCUT2D eigenvalue weighted by Crippen LogP contribution is -2.46. The molecule has 0 unspecified atom stereocenters. The Hall–Kier alpha value is -2.38. The number of urea groups is 1. The maximum Gasteiger partial charge on any atom is 0.321 e. The molecule has 0 N–H and O–H groups in total. The molecule has 0 saturated carbocycles. The van der Waals surface area contributed by atoms with Gasteiger partial charge in [0.05, 0.1) is 4.90 Å². The van der Waals surface area contributed by atoms with E-state index in [2.05, 4.69) is 0 Å². The van der Waals surface area contributed by atoms with Crippen molar-refractivity contribution in [3.63, 3.8) is 0 Å². The van der Waals surface area contributed by atoms with Crippen LogP contribution in [-0.2, 0) is 10.0 Å². The Morgan fingerprint density at radius 1 is 0.862 bits per heavy atom. The van der Waals surface area contributed by atoms with Crippen LogP contribution in [0.1, 0.15) is 36.6 Å². The zero-order valence-corrected chi connectivity index (χ0v) is 17.5. The molecule has 0 bridgehead atoms. The molecule has 2 fully saturated rings. The van der Waals surface area contributed by atoms with E-state index in [1.165, 1.54) is 4.31 Å². The summed E-state index contributed by atoms with van der Waals surface area (Å²) in [4.78, 5) is 17.1. The fourth-order valence-electron chi connectivity index (χ4n) is 4.14. The molecule has 0 radical (unpaired) electrons. The van der Waals surface area contributed by atoms with Gasteiger partial charge in [0, 0.05) is 26.2 Å². The summed E-state index contributed by atoms with van der Waals surface area (Å²) in [5, 5.41) is 0. The Balaban J connectivity index is 1.70. The van der Waals surface area contributed by atoms with Gasteiger partial charge >= 0.3 is 6.03 Å². The number of likely N-dealkylation sites (tertiary alicyclic amines) is 1. The van der Waals surface area contributed by atoms with Gasteiger partial charge in [-0.15, -0.1) is 0 Å². The molecule has 2 aromatic rings. The molecule has 6 nitrogen and oxygen atoms in total. The van der Waals surface area contributed by atoms with E-state index in [1.807, 2.05) is 42.2 Å². The predicted molar refractivity (Wildman–Crippen MR) is 112 cm³/mol. The normalized spacial score (nSPS) is 20.8. The van der Waals surface area contributed by atoms with Crippen LogP contribution in [0, 0.1) is 6.92 Å². The van der Waals surface area contributed by atoms with Gasteiger partial charge in [-0.05, 0) is 43.9 Å². The van der Waals surface area contributed by atoms with E-state index in [1.54, 1.807) is 29.2 Å². The number of amides is 2. The SMILES string of the molecule is Cc1ccc(S(=O)(=O)N2CCN(C(=O)N3CCCCC3)[C@@H]2c2ccccc2)cc1. The number of piperidine rings is 1. The van der Waals surface area contributed by atoms with Gasteiger partial charge in [-0.3, -0.25) is 0 Å². The smallest absolute Gasteiger partial charge is 0.321 e. The number of carbonyl (C=O) groups excluding carboxylic acids is 1. The van der Waals surface area contributed by atoms with Crippen molar-refractivity contribution in [2.75, 3.05) is 26.2 Å². The number of aryl methyl sites for hydroxylation is 1. The van der Waals surface area contributed by atoms with E-state index in [0.29, 0.717) is 6.54 Å². The number of carbonyl (C=O) groups is 1. The third-order valence-corrected chi connectivity index (χ3v) is 7.59. The highest BCUT2D eigenvalue weighted by molar-refractivity contribution is 7.89. The zero-order chi connectivity index (χ0) is 20.4. The van der Waals surface area contributed by atoms with Crippen LogP contribution in [0.4, 0.5) is 4.79 Å². The standard InChI is InChI=1S/C22H27N3O3S/c1-18-10-12-20(13-11-18)29(27,28)25-17-16-24(21(25)19-8-4-2-5-9-19)22(26)23-14-6-3-7-15-23/h2,4-5,8-13,21H,3,6-7,14-17H2,1H3/t21-/m0/s1. The molecule has 0 aromatic heterocycles. The minimum absolute atomic E-state index is 0.0693. The average molecular weight is 414 g/mol. The molecule has 154 valence electrons. The third-order valence-electron chi connectivity index (χ3n) is 5.73. The number of benzene rings is 2. The van der Waals surface area contributed by atoms with Crippen LogP contribution in [0.5, 0.6) is 0 Å². The summed E-state index contributed by atoms with van der Waals surface area (Å²) in [7, 11) is -3.73. The molecule has 2 saturated heterocycles. The molecule has 2 heterocycles. The second-order valence-electron chi connectivity index (χ2n) is 7.74. The predicted octanol–water partition coefficient (Wildman–Crippen LogP) is 3.61. The van der Waals surface area contributed by atoms with Gasteiger partial charge in [0.1, 0.15) is 6.17 Å². The summed E-state index contributed by atoms with van der Waals surface area (Å²) >= 11 is 0. The van der Waals surface area contributed by atoms with Gasteiger partial charge in [-0.2, -0.15) is 4.31 Å². The minimum Gasteiger partial charge on any atom is -0.325 e. The third kappa shape index (κ3) is 3.89. The summed E-state index contributed by atoms with van der Waals surface area (Å²) in [6.45, 7) is 4.08. The number of sulfonamides is 1. The van der Waals surface area contributed by atoms with Crippen molar-refractivity contribution in [3.05, 3.63) is 65.7 Å². The topological polar surface area (TPSA) is 60.9 Å². The first-order valence-electron chi connectivity index (χ1n) is 10.2. The quantitative estimate of drug-likeness (QED) is 0.772. The van der Waals surface area contributed by atoms with Crippen LogP contribution in [0.15, 0.2) is 59.5 Å². The minimum atomic E-state index is -3.73. The molecule has 2 aliphatic heterocycles. The lowest BCUT2D eigenvalue weighted by Gasteiger charge is -2.35. The first kappa shape index (κ1) is 19.9. The Morgan fingerprint density at radius 2 is 1.52 bits per heavy atom. The fourth-order valence-corrected chi connectivity index (χ4v) is 5.71. The molecule has 7 heteroatoms. The van der Waals surface area contributed by atoms with Gasteiger partial charge in [0.2, 0.25) is 10.0 Å². The molecular weight excluding hydrogens is 386 g/mol. The van der Waals surface area contributed by atoms with E-state index >= 15 is 0 Å². The van der Waals surface area contributed by atoms with E-state index in [0.717, 1.165) is 43.5 Å². The largest absolute Gasteiger partial charge is 0.325 e. The lowest BCUT2D eigenvalue weighted by atomic mass is 10.1. The Kier molecular flexibility index (Phi) is 5.61. The van der Waals surface area contributed by atoms with Gasteiger partial charge < -0.3 is 9.80 Å². The highest BCUT2D eigenvalue weighted by Crippen LogP contribution is 2.36. The summed E-state index contributed by atoms with van der Waals surface area (Å²) < 4.78 is 28.4. The summed E-state index contributed by atoms with van der Waals surface area (Å²) in [5.74, 6) is 0. The van der Waals surface area contributed by atoms with E-state index in [9.17, 15) is 13.2 Å². The average Bonchev–Trinajstić information content (AvgIpc) is 3.21. The van der Waals surface area contributed by atoms with Crippen LogP contribution in [0.3, 0.4) is 0 Å². The Labute approximate surface area is 172 Å².